The Balaban J connectivity index is 1.79. The van der Waals surface area contributed by atoms with Crippen molar-refractivity contribution in [3.63, 3.8) is 0 Å². The second kappa shape index (κ2) is 7.25. The van der Waals surface area contributed by atoms with Gasteiger partial charge in [-0.3, -0.25) is 10.1 Å². The van der Waals surface area contributed by atoms with Crippen LogP contribution in [0.4, 0.5) is 5.69 Å². The van der Waals surface area contributed by atoms with Gasteiger partial charge in [0.25, 0.3) is 5.69 Å². The van der Waals surface area contributed by atoms with Crippen molar-refractivity contribution >= 4 is 15.7 Å². The van der Waals surface area contributed by atoms with E-state index in [9.17, 15) is 18.5 Å². The number of benzene rings is 2. The van der Waals surface area contributed by atoms with Gasteiger partial charge in [0, 0.05) is 17.7 Å². The van der Waals surface area contributed by atoms with E-state index in [-0.39, 0.29) is 23.0 Å². The van der Waals surface area contributed by atoms with Crippen molar-refractivity contribution in [2.75, 3.05) is 0 Å². The van der Waals surface area contributed by atoms with Crippen LogP contribution in [0.1, 0.15) is 17.0 Å². The molecule has 9 nitrogen and oxygen atoms in total. The molecule has 140 valence electrons. The van der Waals surface area contributed by atoms with Crippen molar-refractivity contribution in [3.8, 4) is 11.4 Å². The molecule has 0 saturated heterocycles. The molecular weight excluding hydrogens is 372 g/mol. The number of aryl methyl sites for hydroxylation is 2. The normalized spacial score (nSPS) is 11.5. The maximum Gasteiger partial charge on any atom is 0.270 e. The average molecular weight is 388 g/mol. The number of nitro groups is 1. The molecule has 0 spiro atoms. The first-order valence-corrected chi connectivity index (χ1v) is 9.39. The predicted molar refractivity (Wildman–Crippen MR) is 96.3 cm³/mol. The molecule has 0 aliphatic rings. The van der Waals surface area contributed by atoms with Crippen molar-refractivity contribution in [2.24, 2.45) is 0 Å². The monoisotopic (exact) mass is 388 g/mol. The molecule has 0 unspecified atom stereocenters. The molecular formula is C17H16N4O5S. The van der Waals surface area contributed by atoms with Gasteiger partial charge < -0.3 is 4.52 Å². The molecule has 27 heavy (non-hydrogen) atoms. The maximum absolute atomic E-state index is 12.5. The fourth-order valence-electron chi connectivity index (χ4n) is 2.45. The molecule has 0 fully saturated rings. The zero-order chi connectivity index (χ0) is 19.6. The average Bonchev–Trinajstić information content (AvgIpc) is 3.09. The fourth-order valence-corrected chi connectivity index (χ4v) is 3.69. The van der Waals surface area contributed by atoms with E-state index in [1.807, 2.05) is 31.2 Å². The van der Waals surface area contributed by atoms with Crippen LogP contribution in [0, 0.1) is 24.0 Å². The molecule has 2 aromatic carbocycles. The molecule has 0 radical (unpaired) electrons. The van der Waals surface area contributed by atoms with E-state index in [0.717, 1.165) is 17.2 Å². The lowest BCUT2D eigenvalue weighted by atomic mass is 10.1. The number of nitrogens with zero attached hydrogens (tertiary/aromatic N) is 3. The minimum absolute atomic E-state index is 0.0816. The minimum atomic E-state index is -3.99. The highest BCUT2D eigenvalue weighted by Crippen LogP contribution is 2.22. The third-order valence-electron chi connectivity index (χ3n) is 3.83. The van der Waals surface area contributed by atoms with Crippen LogP contribution >= 0.6 is 0 Å². The van der Waals surface area contributed by atoms with Gasteiger partial charge >= 0.3 is 0 Å². The summed E-state index contributed by atoms with van der Waals surface area (Å²) in [7, 11) is -3.99. The molecule has 3 rings (SSSR count). The van der Waals surface area contributed by atoms with Crippen LogP contribution in [0.3, 0.4) is 0 Å². The lowest BCUT2D eigenvalue weighted by Crippen LogP contribution is -2.24. The van der Waals surface area contributed by atoms with Crippen molar-refractivity contribution in [1.82, 2.24) is 14.9 Å². The summed E-state index contributed by atoms with van der Waals surface area (Å²) >= 11 is 0. The molecule has 0 aliphatic heterocycles. The first-order valence-electron chi connectivity index (χ1n) is 7.90. The number of nitro benzene ring substituents is 1. The number of hydrogen-bond donors (Lipinski definition) is 1. The quantitative estimate of drug-likeness (QED) is 0.508. The Morgan fingerprint density at radius 3 is 2.67 bits per heavy atom. The van der Waals surface area contributed by atoms with E-state index >= 15 is 0 Å². The zero-order valence-corrected chi connectivity index (χ0v) is 15.4. The van der Waals surface area contributed by atoms with Crippen molar-refractivity contribution < 1.29 is 17.9 Å². The van der Waals surface area contributed by atoms with E-state index in [2.05, 4.69) is 14.9 Å². The number of nitrogens with one attached hydrogen (secondary N) is 1. The van der Waals surface area contributed by atoms with Gasteiger partial charge in [-0.1, -0.05) is 35.0 Å². The van der Waals surface area contributed by atoms with Crippen LogP contribution in [0.25, 0.3) is 11.4 Å². The van der Waals surface area contributed by atoms with Crippen LogP contribution in [-0.4, -0.2) is 23.5 Å². The van der Waals surface area contributed by atoms with Gasteiger partial charge in [-0.15, -0.1) is 0 Å². The van der Waals surface area contributed by atoms with Gasteiger partial charge in [0.15, 0.2) is 0 Å². The predicted octanol–water partition coefficient (Wildman–Crippen LogP) is 2.74. The van der Waals surface area contributed by atoms with Crippen LogP contribution in [0.5, 0.6) is 0 Å². The number of rotatable bonds is 6. The summed E-state index contributed by atoms with van der Waals surface area (Å²) in [4.78, 5) is 14.2. The van der Waals surface area contributed by atoms with E-state index in [0.29, 0.717) is 11.4 Å². The third-order valence-corrected chi connectivity index (χ3v) is 5.37. The highest BCUT2D eigenvalue weighted by molar-refractivity contribution is 7.89. The summed E-state index contributed by atoms with van der Waals surface area (Å²) in [6.45, 7) is 3.25. The molecule has 10 heteroatoms. The van der Waals surface area contributed by atoms with E-state index in [1.165, 1.54) is 12.1 Å². The Morgan fingerprint density at radius 2 is 1.96 bits per heavy atom. The van der Waals surface area contributed by atoms with Gasteiger partial charge in [-0.25, -0.2) is 13.1 Å². The van der Waals surface area contributed by atoms with Crippen molar-refractivity contribution in [2.45, 2.75) is 25.3 Å². The maximum atomic E-state index is 12.5. The molecule has 0 aliphatic carbocycles. The van der Waals surface area contributed by atoms with Crippen LogP contribution in [-0.2, 0) is 16.6 Å². The van der Waals surface area contributed by atoms with E-state index in [4.69, 9.17) is 4.52 Å². The largest absolute Gasteiger partial charge is 0.338 e. The summed E-state index contributed by atoms with van der Waals surface area (Å²) in [5.41, 5.74) is 1.86. The number of hydrogen-bond acceptors (Lipinski definition) is 7. The summed E-state index contributed by atoms with van der Waals surface area (Å²) in [5.74, 6) is 0.428. The molecule has 0 atom stereocenters. The molecule has 1 heterocycles. The van der Waals surface area contributed by atoms with E-state index in [1.54, 1.807) is 6.92 Å². The van der Waals surface area contributed by atoms with E-state index < -0.39 is 14.9 Å². The number of sulfonamides is 1. The Morgan fingerprint density at radius 1 is 1.19 bits per heavy atom. The van der Waals surface area contributed by atoms with Crippen LogP contribution in [0.15, 0.2) is 51.9 Å². The summed E-state index contributed by atoms with van der Waals surface area (Å²) < 4.78 is 32.4. The SMILES string of the molecule is Cc1cccc(-c2noc(CNS(=O)(=O)c3cc([N+](=O)[O-])ccc3C)n2)c1. The minimum Gasteiger partial charge on any atom is -0.338 e. The number of non-ortho nitro benzene ring substituents is 1. The second-order valence-electron chi connectivity index (χ2n) is 5.91. The topological polar surface area (TPSA) is 128 Å². The standard InChI is InChI=1S/C17H16N4O5S/c1-11-4-3-5-13(8-11)17-19-16(26-20-17)10-18-27(24,25)15-9-14(21(22)23)7-6-12(15)2/h3-9,18H,10H2,1-2H3. The Hall–Kier alpha value is -3.11. The molecule has 0 amide bonds. The Labute approximate surface area is 155 Å². The number of aromatic nitrogens is 2. The highest BCUT2D eigenvalue weighted by Gasteiger charge is 2.21. The highest BCUT2D eigenvalue weighted by atomic mass is 32.2. The lowest BCUT2D eigenvalue weighted by Gasteiger charge is -2.07. The first-order chi connectivity index (χ1) is 12.8. The molecule has 3 aromatic rings. The molecule has 1 aromatic heterocycles. The van der Waals surface area contributed by atoms with Crippen LogP contribution in [0.2, 0.25) is 0 Å². The first kappa shape index (κ1) is 18.7. The Bertz CT molecular complexity index is 1110. The molecule has 0 bridgehead atoms. The fraction of sp³-hybridized carbons (Fsp3) is 0.176. The molecule has 1 N–H and O–H groups in total. The third kappa shape index (κ3) is 4.18. The summed E-state index contributed by atoms with van der Waals surface area (Å²) in [6.07, 6.45) is 0. The zero-order valence-electron chi connectivity index (χ0n) is 14.5. The van der Waals surface area contributed by atoms with Gasteiger partial charge in [0.05, 0.1) is 16.4 Å². The van der Waals surface area contributed by atoms with Gasteiger partial charge in [-0.05, 0) is 25.5 Å². The lowest BCUT2D eigenvalue weighted by molar-refractivity contribution is -0.385. The smallest absolute Gasteiger partial charge is 0.270 e. The van der Waals surface area contributed by atoms with Crippen LogP contribution < -0.4 is 4.72 Å². The Kier molecular flexibility index (Phi) is 5.02. The van der Waals surface area contributed by atoms with Crippen molar-refractivity contribution in [1.29, 1.82) is 0 Å². The molecule has 0 saturated carbocycles. The second-order valence-corrected chi connectivity index (χ2v) is 7.65. The van der Waals surface area contributed by atoms with Gasteiger partial charge in [0.1, 0.15) is 0 Å². The summed E-state index contributed by atoms with van der Waals surface area (Å²) in [6, 6.07) is 11.1. The van der Waals surface area contributed by atoms with Crippen molar-refractivity contribution in [3.05, 3.63) is 69.6 Å². The summed E-state index contributed by atoms with van der Waals surface area (Å²) in [5, 5.41) is 14.7. The van der Waals surface area contributed by atoms with Gasteiger partial charge in [-0.2, -0.15) is 4.98 Å². The van der Waals surface area contributed by atoms with Gasteiger partial charge in [0.2, 0.25) is 21.7 Å².